The Kier molecular flexibility index (Phi) is 5.16. The Balaban J connectivity index is 1.79. The van der Waals surface area contributed by atoms with E-state index in [1.807, 2.05) is 31.2 Å². The molecule has 0 radical (unpaired) electrons. The summed E-state index contributed by atoms with van der Waals surface area (Å²) in [5.41, 5.74) is 2.49. The number of hydrogen-bond acceptors (Lipinski definition) is 5. The van der Waals surface area contributed by atoms with Crippen LogP contribution in [0.25, 0.3) is 10.9 Å². The molecule has 0 N–H and O–H groups in total. The van der Waals surface area contributed by atoms with Gasteiger partial charge < -0.3 is 9.47 Å². The third-order valence-electron chi connectivity index (χ3n) is 4.35. The molecule has 138 valence electrons. The minimum atomic E-state index is -0.653. The summed E-state index contributed by atoms with van der Waals surface area (Å²) in [5, 5.41) is 0.846. The first-order chi connectivity index (χ1) is 12.9. The van der Waals surface area contributed by atoms with Crippen molar-refractivity contribution in [1.29, 1.82) is 0 Å². The Bertz CT molecular complexity index is 1050. The number of rotatable bonds is 5. The van der Waals surface area contributed by atoms with E-state index >= 15 is 0 Å². The SMILES string of the molecule is COc1ccc(C(=O)COC(=O)c2c(C)nc3ccccc3c2C)cc1F. The van der Waals surface area contributed by atoms with E-state index in [2.05, 4.69) is 4.98 Å². The molecule has 0 aliphatic rings. The van der Waals surface area contributed by atoms with Gasteiger partial charge in [-0.05, 0) is 43.7 Å². The summed E-state index contributed by atoms with van der Waals surface area (Å²) in [6.07, 6.45) is 0. The van der Waals surface area contributed by atoms with Gasteiger partial charge in [0.05, 0.1) is 23.9 Å². The topological polar surface area (TPSA) is 65.5 Å². The van der Waals surface area contributed by atoms with E-state index in [0.717, 1.165) is 22.5 Å². The molecule has 3 aromatic rings. The van der Waals surface area contributed by atoms with Gasteiger partial charge >= 0.3 is 5.97 Å². The number of aromatic nitrogens is 1. The lowest BCUT2D eigenvalue weighted by Crippen LogP contribution is -2.17. The van der Waals surface area contributed by atoms with Crippen molar-refractivity contribution in [2.45, 2.75) is 13.8 Å². The van der Waals surface area contributed by atoms with E-state index in [1.54, 1.807) is 6.92 Å². The Labute approximate surface area is 155 Å². The number of Topliss-reactive ketones (excluding diaryl/α,β-unsaturated/α-hetero) is 1. The summed E-state index contributed by atoms with van der Waals surface area (Å²) in [5.74, 6) is -1.75. The van der Waals surface area contributed by atoms with Crippen LogP contribution < -0.4 is 4.74 Å². The summed E-state index contributed by atoms with van der Waals surface area (Å²) in [6.45, 7) is 3.04. The van der Waals surface area contributed by atoms with Crippen LogP contribution in [0.2, 0.25) is 0 Å². The van der Waals surface area contributed by atoms with E-state index in [-0.39, 0.29) is 11.3 Å². The fraction of sp³-hybridized carbons (Fsp3) is 0.190. The van der Waals surface area contributed by atoms with Crippen LogP contribution in [-0.4, -0.2) is 30.5 Å². The maximum atomic E-state index is 13.7. The summed E-state index contributed by atoms with van der Waals surface area (Å²) < 4.78 is 23.7. The minimum absolute atomic E-state index is 0.0389. The number of aryl methyl sites for hydroxylation is 2. The molecule has 27 heavy (non-hydrogen) atoms. The first-order valence-electron chi connectivity index (χ1n) is 8.32. The summed E-state index contributed by atoms with van der Waals surface area (Å²) >= 11 is 0. The van der Waals surface area contributed by atoms with E-state index < -0.39 is 24.2 Å². The molecule has 3 rings (SSSR count). The van der Waals surface area contributed by atoms with Crippen LogP contribution in [0.5, 0.6) is 5.75 Å². The predicted molar refractivity (Wildman–Crippen MR) is 98.8 cm³/mol. The van der Waals surface area contributed by atoms with Gasteiger partial charge in [-0.3, -0.25) is 9.78 Å². The molecule has 0 atom stereocenters. The van der Waals surface area contributed by atoms with Gasteiger partial charge in [0.25, 0.3) is 0 Å². The van der Waals surface area contributed by atoms with Crippen LogP contribution in [0.3, 0.4) is 0 Å². The van der Waals surface area contributed by atoms with Crippen LogP contribution >= 0.6 is 0 Å². The van der Waals surface area contributed by atoms with Crippen molar-refractivity contribution in [3.8, 4) is 5.75 Å². The number of halogens is 1. The number of para-hydroxylation sites is 1. The van der Waals surface area contributed by atoms with Crippen LogP contribution in [0.4, 0.5) is 4.39 Å². The molecule has 1 heterocycles. The van der Waals surface area contributed by atoms with Gasteiger partial charge in [-0.15, -0.1) is 0 Å². The number of benzene rings is 2. The average molecular weight is 367 g/mol. The fourth-order valence-corrected chi connectivity index (χ4v) is 2.96. The highest BCUT2D eigenvalue weighted by molar-refractivity contribution is 6.01. The molecular weight excluding hydrogens is 349 g/mol. The smallest absolute Gasteiger partial charge is 0.340 e. The molecule has 0 aliphatic heterocycles. The molecule has 0 aliphatic carbocycles. The number of ether oxygens (including phenoxy) is 2. The van der Waals surface area contributed by atoms with Crippen LogP contribution in [0, 0.1) is 19.7 Å². The van der Waals surface area contributed by atoms with Crippen LogP contribution in [-0.2, 0) is 4.74 Å². The molecule has 6 heteroatoms. The van der Waals surface area contributed by atoms with E-state index in [1.165, 1.54) is 19.2 Å². The zero-order chi connectivity index (χ0) is 19.6. The van der Waals surface area contributed by atoms with Gasteiger partial charge in [-0.25, -0.2) is 9.18 Å². The van der Waals surface area contributed by atoms with Gasteiger partial charge in [0.1, 0.15) is 0 Å². The third-order valence-corrected chi connectivity index (χ3v) is 4.35. The number of hydrogen-bond donors (Lipinski definition) is 0. The monoisotopic (exact) mass is 367 g/mol. The first kappa shape index (κ1) is 18.5. The van der Waals surface area contributed by atoms with Crippen molar-refractivity contribution >= 4 is 22.7 Å². The molecule has 0 spiro atoms. The molecular formula is C21H18FNO4. The molecule has 1 aromatic heterocycles. The highest BCUT2D eigenvalue weighted by Crippen LogP contribution is 2.23. The fourth-order valence-electron chi connectivity index (χ4n) is 2.96. The number of pyridine rings is 1. The number of ketones is 1. The summed E-state index contributed by atoms with van der Waals surface area (Å²) in [7, 11) is 1.34. The van der Waals surface area contributed by atoms with Gasteiger partial charge in [-0.2, -0.15) is 0 Å². The Hall–Kier alpha value is -3.28. The van der Waals surface area contributed by atoms with E-state index in [0.29, 0.717) is 11.3 Å². The standard InChI is InChI=1S/C21H18FNO4/c1-12-15-6-4-5-7-17(15)23-13(2)20(12)21(25)27-11-18(24)14-8-9-19(26-3)16(22)10-14/h4-10H,11H2,1-3H3. The predicted octanol–water partition coefficient (Wildman–Crippen LogP) is 4.04. The third kappa shape index (κ3) is 3.65. The molecule has 0 saturated heterocycles. The van der Waals surface area contributed by atoms with Crippen LogP contribution in [0.1, 0.15) is 32.0 Å². The Morgan fingerprint density at radius 1 is 1.11 bits per heavy atom. The van der Waals surface area contributed by atoms with E-state index in [4.69, 9.17) is 9.47 Å². The highest BCUT2D eigenvalue weighted by Gasteiger charge is 2.19. The van der Waals surface area contributed by atoms with Gasteiger partial charge in [-0.1, -0.05) is 18.2 Å². The molecule has 0 amide bonds. The Morgan fingerprint density at radius 3 is 2.56 bits per heavy atom. The quantitative estimate of drug-likeness (QED) is 0.503. The van der Waals surface area contributed by atoms with Crippen molar-refractivity contribution in [3.05, 3.63) is 70.7 Å². The van der Waals surface area contributed by atoms with Gasteiger partial charge in [0.2, 0.25) is 0 Å². The lowest BCUT2D eigenvalue weighted by Gasteiger charge is -2.12. The number of nitrogens with zero attached hydrogens (tertiary/aromatic N) is 1. The van der Waals surface area contributed by atoms with Crippen molar-refractivity contribution in [1.82, 2.24) is 4.98 Å². The number of carbonyl (C=O) groups is 2. The lowest BCUT2D eigenvalue weighted by molar-refractivity contribution is 0.0473. The highest BCUT2D eigenvalue weighted by atomic mass is 19.1. The van der Waals surface area contributed by atoms with Gasteiger partial charge in [0.15, 0.2) is 24.0 Å². The van der Waals surface area contributed by atoms with Gasteiger partial charge in [0, 0.05) is 10.9 Å². The van der Waals surface area contributed by atoms with Crippen molar-refractivity contribution in [2.75, 3.05) is 13.7 Å². The number of methoxy groups -OCH3 is 1. The number of fused-ring (bicyclic) bond motifs is 1. The van der Waals surface area contributed by atoms with E-state index in [9.17, 15) is 14.0 Å². The van der Waals surface area contributed by atoms with Crippen LogP contribution in [0.15, 0.2) is 42.5 Å². The number of esters is 1. The average Bonchev–Trinajstić information content (AvgIpc) is 2.66. The second-order valence-electron chi connectivity index (χ2n) is 6.06. The number of carbonyl (C=O) groups excluding carboxylic acids is 2. The zero-order valence-corrected chi connectivity index (χ0v) is 15.2. The molecule has 0 fully saturated rings. The molecule has 0 bridgehead atoms. The zero-order valence-electron chi connectivity index (χ0n) is 15.2. The van der Waals surface area contributed by atoms with Crippen molar-refractivity contribution in [2.24, 2.45) is 0 Å². The second kappa shape index (κ2) is 7.53. The molecule has 0 unspecified atom stereocenters. The maximum absolute atomic E-state index is 13.7. The molecule has 0 saturated carbocycles. The molecule has 5 nitrogen and oxygen atoms in total. The minimum Gasteiger partial charge on any atom is -0.494 e. The lowest BCUT2D eigenvalue weighted by atomic mass is 10.0. The summed E-state index contributed by atoms with van der Waals surface area (Å²) in [6, 6.07) is 11.3. The maximum Gasteiger partial charge on any atom is 0.340 e. The van der Waals surface area contributed by atoms with Crippen molar-refractivity contribution in [3.63, 3.8) is 0 Å². The first-order valence-corrected chi connectivity index (χ1v) is 8.32. The summed E-state index contributed by atoms with van der Waals surface area (Å²) in [4.78, 5) is 29.2. The molecule has 2 aromatic carbocycles. The largest absolute Gasteiger partial charge is 0.494 e. The van der Waals surface area contributed by atoms with Crippen molar-refractivity contribution < 1.29 is 23.5 Å². The second-order valence-corrected chi connectivity index (χ2v) is 6.06. The Morgan fingerprint density at radius 2 is 1.85 bits per heavy atom. The normalized spacial score (nSPS) is 10.7.